The van der Waals surface area contributed by atoms with Gasteiger partial charge in [0.05, 0.1) is 0 Å². The van der Waals surface area contributed by atoms with Crippen molar-refractivity contribution in [1.82, 2.24) is 0 Å². The number of hydrogen-bond donors (Lipinski definition) is 0. The van der Waals surface area contributed by atoms with Crippen LogP contribution in [0, 0.1) is 0 Å². The molecule has 0 spiro atoms. The van der Waals surface area contributed by atoms with Crippen LogP contribution in [0.2, 0.25) is 0 Å². The zero-order valence-corrected chi connectivity index (χ0v) is 35.2. The lowest BCUT2D eigenvalue weighted by Gasteiger charge is -2.34. The third kappa shape index (κ3) is 7.67. The van der Waals surface area contributed by atoms with Gasteiger partial charge < -0.3 is 4.90 Å². The van der Waals surface area contributed by atoms with Gasteiger partial charge in [-0.05, 0) is 121 Å². The fourth-order valence-corrected chi connectivity index (χ4v) is 9.40. The van der Waals surface area contributed by atoms with Crippen LogP contribution in [-0.2, 0) is 5.41 Å². The minimum atomic E-state index is -0.519. The van der Waals surface area contributed by atoms with Crippen LogP contribution in [0.5, 0.6) is 0 Å². The van der Waals surface area contributed by atoms with E-state index in [4.69, 9.17) is 0 Å². The van der Waals surface area contributed by atoms with E-state index in [1.54, 1.807) is 0 Å². The molecule has 0 bridgehead atoms. The maximum Gasteiger partial charge on any atom is 0.0499 e. The summed E-state index contributed by atoms with van der Waals surface area (Å²) in [6, 6.07) is 86.1. The average Bonchev–Trinajstić information content (AvgIpc) is 3.65. The molecule has 300 valence electrons. The van der Waals surface area contributed by atoms with Crippen molar-refractivity contribution >= 4 is 22.6 Å². The van der Waals surface area contributed by atoms with Gasteiger partial charge in [0, 0.05) is 22.5 Å². The first-order valence-corrected chi connectivity index (χ1v) is 21.8. The van der Waals surface area contributed by atoms with E-state index in [1.807, 2.05) is 12.2 Å². The van der Waals surface area contributed by atoms with Crippen LogP contribution >= 0.6 is 0 Å². The molecule has 0 aliphatic heterocycles. The zero-order valence-electron chi connectivity index (χ0n) is 35.2. The van der Waals surface area contributed by atoms with Gasteiger partial charge in [-0.25, -0.2) is 0 Å². The highest BCUT2D eigenvalue weighted by molar-refractivity contribution is 5.89. The summed E-state index contributed by atoms with van der Waals surface area (Å²) >= 11 is 0. The first-order valence-electron chi connectivity index (χ1n) is 21.8. The number of allylic oxidation sites excluding steroid dienone is 5. The Morgan fingerprint density at radius 1 is 0.413 bits per heavy atom. The standard InChI is InChI=1S/C62H47N/c1-2-3-19-50(46-20-8-4-9-21-46)42-43-62(54-29-18-28-53(44-54)49-26-14-7-15-27-49)60-31-17-16-30-58(60)59-41-40-57(45-61(59)62)63(55-36-32-51(33-37-55)47-22-10-5-11-23-47)56-38-34-52(35-39-56)48-24-12-6-13-25-48/h2-42,44-45H,1,43H2. The summed E-state index contributed by atoms with van der Waals surface area (Å²) in [6.45, 7) is 4.02. The number of benzene rings is 9. The predicted molar refractivity (Wildman–Crippen MR) is 268 cm³/mol. The van der Waals surface area contributed by atoms with Gasteiger partial charge >= 0.3 is 0 Å². The van der Waals surface area contributed by atoms with Crippen molar-refractivity contribution in [2.75, 3.05) is 4.90 Å². The van der Waals surface area contributed by atoms with Gasteiger partial charge in [0.2, 0.25) is 0 Å². The molecule has 1 nitrogen and oxygen atoms in total. The number of nitrogens with zero attached hydrogens (tertiary/aromatic N) is 1. The van der Waals surface area contributed by atoms with Crippen LogP contribution in [0.3, 0.4) is 0 Å². The number of rotatable bonds is 12. The Morgan fingerprint density at radius 3 is 1.48 bits per heavy atom. The van der Waals surface area contributed by atoms with Crippen molar-refractivity contribution in [2.24, 2.45) is 0 Å². The Morgan fingerprint density at radius 2 is 0.889 bits per heavy atom. The van der Waals surface area contributed by atoms with E-state index in [1.165, 1.54) is 66.8 Å². The average molecular weight is 806 g/mol. The van der Waals surface area contributed by atoms with Crippen LogP contribution in [0.1, 0.15) is 28.7 Å². The largest absolute Gasteiger partial charge is 0.310 e. The maximum absolute atomic E-state index is 4.02. The predicted octanol–water partition coefficient (Wildman–Crippen LogP) is 16.7. The van der Waals surface area contributed by atoms with E-state index in [0.29, 0.717) is 0 Å². The third-order valence-electron chi connectivity index (χ3n) is 12.5. The Hall–Kier alpha value is -8.00. The molecular formula is C62H47N. The molecule has 0 N–H and O–H groups in total. The molecule has 0 saturated carbocycles. The Bertz CT molecular complexity index is 2970. The van der Waals surface area contributed by atoms with Gasteiger partial charge in [-0.2, -0.15) is 0 Å². The van der Waals surface area contributed by atoms with Crippen molar-refractivity contribution in [1.29, 1.82) is 0 Å². The maximum atomic E-state index is 4.02. The lowest BCUT2D eigenvalue weighted by molar-refractivity contribution is 0.646. The third-order valence-corrected chi connectivity index (χ3v) is 12.5. The van der Waals surface area contributed by atoms with Crippen molar-refractivity contribution in [3.8, 4) is 44.5 Å². The summed E-state index contributed by atoms with van der Waals surface area (Å²) in [6.07, 6.45) is 9.26. The highest BCUT2D eigenvalue weighted by atomic mass is 15.1. The summed E-state index contributed by atoms with van der Waals surface area (Å²) < 4.78 is 0. The first kappa shape index (κ1) is 39.2. The molecule has 0 amide bonds. The number of hydrogen-bond acceptors (Lipinski definition) is 1. The lowest BCUT2D eigenvalue weighted by atomic mass is 9.69. The molecule has 0 heterocycles. The highest BCUT2D eigenvalue weighted by Gasteiger charge is 2.44. The molecule has 1 heteroatoms. The molecule has 1 unspecified atom stereocenters. The van der Waals surface area contributed by atoms with Gasteiger partial charge in [-0.1, -0.05) is 225 Å². The van der Waals surface area contributed by atoms with Gasteiger partial charge in [0.15, 0.2) is 0 Å². The molecule has 0 fully saturated rings. The second-order valence-electron chi connectivity index (χ2n) is 16.1. The summed E-state index contributed by atoms with van der Waals surface area (Å²) in [7, 11) is 0. The van der Waals surface area contributed by atoms with Crippen LogP contribution in [0.25, 0.3) is 50.1 Å². The molecule has 63 heavy (non-hydrogen) atoms. The quantitative estimate of drug-likeness (QED) is 0.111. The topological polar surface area (TPSA) is 3.24 Å². The smallest absolute Gasteiger partial charge is 0.0499 e. The molecular weight excluding hydrogens is 759 g/mol. The second-order valence-corrected chi connectivity index (χ2v) is 16.1. The molecule has 9 aromatic carbocycles. The summed E-state index contributed by atoms with van der Waals surface area (Å²) in [5, 5.41) is 0. The Labute approximate surface area is 371 Å². The van der Waals surface area contributed by atoms with E-state index in [9.17, 15) is 0 Å². The number of fused-ring (bicyclic) bond motifs is 3. The second kappa shape index (κ2) is 17.5. The molecule has 1 atom stereocenters. The highest BCUT2D eigenvalue weighted by Crippen LogP contribution is 2.56. The molecule has 0 radical (unpaired) electrons. The monoisotopic (exact) mass is 805 g/mol. The van der Waals surface area contributed by atoms with Crippen LogP contribution < -0.4 is 4.90 Å². The minimum Gasteiger partial charge on any atom is -0.310 e. The van der Waals surface area contributed by atoms with E-state index in [0.717, 1.165) is 29.1 Å². The fraction of sp³-hybridized carbons (Fsp3) is 0.0323. The van der Waals surface area contributed by atoms with Crippen LogP contribution in [0.4, 0.5) is 17.1 Å². The lowest BCUT2D eigenvalue weighted by Crippen LogP contribution is -2.27. The normalized spacial score (nSPS) is 14.3. The van der Waals surface area contributed by atoms with E-state index < -0.39 is 5.41 Å². The van der Waals surface area contributed by atoms with Crippen LogP contribution in [-0.4, -0.2) is 0 Å². The first-order chi connectivity index (χ1) is 31.2. The zero-order chi connectivity index (χ0) is 42.4. The summed E-state index contributed by atoms with van der Waals surface area (Å²) in [5.41, 5.74) is 18.7. The Balaban J connectivity index is 1.19. The SMILES string of the molecule is C=CC=CC(=CCC1(c2cccc(-c3ccccc3)c2)c2ccccc2-c2ccc(N(c3ccc(-c4ccccc4)cc3)c3ccc(-c4ccccc4)cc3)cc21)c1ccccc1. The molecule has 1 aliphatic rings. The van der Waals surface area contributed by atoms with Crippen molar-refractivity contribution in [3.63, 3.8) is 0 Å². The van der Waals surface area contributed by atoms with Gasteiger partial charge in [0.1, 0.15) is 0 Å². The fourth-order valence-electron chi connectivity index (χ4n) is 9.40. The van der Waals surface area contributed by atoms with Gasteiger partial charge in [-0.3, -0.25) is 0 Å². The molecule has 1 aliphatic carbocycles. The van der Waals surface area contributed by atoms with Crippen molar-refractivity contribution in [2.45, 2.75) is 11.8 Å². The van der Waals surface area contributed by atoms with E-state index in [-0.39, 0.29) is 0 Å². The summed E-state index contributed by atoms with van der Waals surface area (Å²) in [5.74, 6) is 0. The molecule has 0 saturated heterocycles. The van der Waals surface area contributed by atoms with Gasteiger partial charge in [0.25, 0.3) is 0 Å². The molecule has 10 rings (SSSR count). The van der Waals surface area contributed by atoms with Crippen molar-refractivity contribution in [3.05, 3.63) is 290 Å². The minimum absolute atomic E-state index is 0.519. The summed E-state index contributed by atoms with van der Waals surface area (Å²) in [4.78, 5) is 2.41. The Kier molecular flexibility index (Phi) is 10.9. The number of anilines is 3. The van der Waals surface area contributed by atoms with Crippen molar-refractivity contribution < 1.29 is 0 Å². The van der Waals surface area contributed by atoms with Crippen LogP contribution in [0.15, 0.2) is 267 Å². The molecule has 9 aromatic rings. The molecule has 0 aromatic heterocycles. The van der Waals surface area contributed by atoms with E-state index in [2.05, 4.69) is 260 Å². The van der Waals surface area contributed by atoms with E-state index >= 15 is 0 Å². The van der Waals surface area contributed by atoms with Gasteiger partial charge in [-0.15, -0.1) is 0 Å².